The van der Waals surface area contributed by atoms with Gasteiger partial charge in [0.05, 0.1) is 6.61 Å². The van der Waals surface area contributed by atoms with E-state index in [0.717, 1.165) is 23.9 Å². The highest BCUT2D eigenvalue weighted by Gasteiger charge is 1.95. The molecule has 0 radical (unpaired) electrons. The SMILES string of the molecule is NC(=O)SCCCOc1ccccc1. The molecular formula is C10H13NO2S. The van der Waals surface area contributed by atoms with Crippen molar-refractivity contribution in [2.45, 2.75) is 6.42 Å². The monoisotopic (exact) mass is 211 g/mol. The molecule has 4 heteroatoms. The number of nitrogens with two attached hydrogens (primary N) is 1. The number of primary amides is 1. The molecule has 0 saturated carbocycles. The summed E-state index contributed by atoms with van der Waals surface area (Å²) in [5, 5.41) is -0.329. The molecule has 1 amide bonds. The smallest absolute Gasteiger partial charge is 0.276 e. The maximum absolute atomic E-state index is 10.4. The summed E-state index contributed by atoms with van der Waals surface area (Å²) in [6.07, 6.45) is 0.822. The van der Waals surface area contributed by atoms with E-state index in [1.807, 2.05) is 30.3 Å². The first kappa shape index (κ1) is 10.9. The van der Waals surface area contributed by atoms with Crippen LogP contribution >= 0.6 is 11.8 Å². The second-order valence-corrected chi connectivity index (χ2v) is 3.78. The van der Waals surface area contributed by atoms with E-state index in [-0.39, 0.29) is 5.24 Å². The van der Waals surface area contributed by atoms with Crippen LogP contribution in [-0.2, 0) is 0 Å². The zero-order valence-electron chi connectivity index (χ0n) is 7.81. The molecule has 1 aromatic rings. The standard InChI is InChI=1S/C10H13NO2S/c11-10(12)14-8-4-7-13-9-5-2-1-3-6-9/h1-3,5-6H,4,7-8H2,(H2,11,12). The molecule has 76 valence electrons. The lowest BCUT2D eigenvalue weighted by molar-refractivity contribution is 0.267. The number of amides is 1. The van der Waals surface area contributed by atoms with Gasteiger partial charge in [-0.3, -0.25) is 4.79 Å². The van der Waals surface area contributed by atoms with Gasteiger partial charge in [-0.25, -0.2) is 0 Å². The van der Waals surface area contributed by atoms with Crippen molar-refractivity contribution in [3.8, 4) is 5.75 Å². The molecule has 0 aliphatic carbocycles. The van der Waals surface area contributed by atoms with Gasteiger partial charge in [-0.1, -0.05) is 30.0 Å². The van der Waals surface area contributed by atoms with Crippen LogP contribution in [0.15, 0.2) is 30.3 Å². The second kappa shape index (κ2) is 6.32. The van der Waals surface area contributed by atoms with Crippen molar-refractivity contribution in [1.82, 2.24) is 0 Å². The number of ether oxygens (including phenoxy) is 1. The molecule has 0 fully saturated rings. The van der Waals surface area contributed by atoms with Crippen molar-refractivity contribution in [2.75, 3.05) is 12.4 Å². The summed E-state index contributed by atoms with van der Waals surface area (Å²) in [4.78, 5) is 10.4. The number of carbonyl (C=O) groups excluding carboxylic acids is 1. The highest BCUT2D eigenvalue weighted by Crippen LogP contribution is 2.09. The summed E-state index contributed by atoms with van der Waals surface area (Å²) in [6.45, 7) is 0.615. The molecule has 1 rings (SSSR count). The van der Waals surface area contributed by atoms with Gasteiger partial charge in [0.25, 0.3) is 5.24 Å². The van der Waals surface area contributed by atoms with Crippen LogP contribution in [0.4, 0.5) is 4.79 Å². The topological polar surface area (TPSA) is 52.3 Å². The summed E-state index contributed by atoms with van der Waals surface area (Å²) in [5.41, 5.74) is 4.97. The van der Waals surface area contributed by atoms with Gasteiger partial charge < -0.3 is 10.5 Å². The zero-order chi connectivity index (χ0) is 10.2. The quantitative estimate of drug-likeness (QED) is 0.760. The fraction of sp³-hybridized carbons (Fsp3) is 0.300. The molecule has 3 nitrogen and oxygen atoms in total. The lowest BCUT2D eigenvalue weighted by atomic mass is 10.3. The van der Waals surface area contributed by atoms with Gasteiger partial charge in [-0.05, 0) is 18.6 Å². The number of hydrogen-bond donors (Lipinski definition) is 1. The minimum Gasteiger partial charge on any atom is -0.494 e. The second-order valence-electron chi connectivity index (χ2n) is 2.68. The molecule has 0 aliphatic heterocycles. The summed E-state index contributed by atoms with van der Waals surface area (Å²) in [7, 11) is 0. The fourth-order valence-corrected chi connectivity index (χ4v) is 1.40. The third-order valence-electron chi connectivity index (χ3n) is 1.54. The first-order valence-corrected chi connectivity index (χ1v) is 5.37. The van der Waals surface area contributed by atoms with Crippen LogP contribution in [0.1, 0.15) is 6.42 Å². The van der Waals surface area contributed by atoms with E-state index in [1.165, 1.54) is 0 Å². The molecule has 0 unspecified atom stereocenters. The van der Waals surface area contributed by atoms with E-state index in [9.17, 15) is 4.79 Å². The lowest BCUT2D eigenvalue weighted by Gasteiger charge is -2.04. The molecule has 2 N–H and O–H groups in total. The van der Waals surface area contributed by atoms with Gasteiger partial charge in [0, 0.05) is 5.75 Å². The molecular weight excluding hydrogens is 198 g/mol. The number of para-hydroxylation sites is 1. The van der Waals surface area contributed by atoms with Crippen molar-refractivity contribution < 1.29 is 9.53 Å². The number of thioether (sulfide) groups is 1. The minimum atomic E-state index is -0.329. The summed E-state index contributed by atoms with van der Waals surface area (Å²) in [5.74, 6) is 1.57. The molecule has 0 atom stereocenters. The van der Waals surface area contributed by atoms with E-state index in [0.29, 0.717) is 12.4 Å². The maximum atomic E-state index is 10.4. The van der Waals surface area contributed by atoms with E-state index in [2.05, 4.69) is 0 Å². The highest BCUT2D eigenvalue weighted by atomic mass is 32.2. The molecule has 0 bridgehead atoms. The molecule has 0 saturated heterocycles. The van der Waals surface area contributed by atoms with Crippen LogP contribution in [-0.4, -0.2) is 17.6 Å². The predicted molar refractivity (Wildman–Crippen MR) is 58.6 cm³/mol. The molecule has 0 spiro atoms. The largest absolute Gasteiger partial charge is 0.494 e. The van der Waals surface area contributed by atoms with Crippen LogP contribution in [0.5, 0.6) is 5.75 Å². The predicted octanol–water partition coefficient (Wildman–Crippen LogP) is 2.27. The van der Waals surface area contributed by atoms with Crippen molar-refractivity contribution in [3.05, 3.63) is 30.3 Å². The van der Waals surface area contributed by atoms with Gasteiger partial charge in [0.1, 0.15) is 5.75 Å². The van der Waals surface area contributed by atoms with Crippen molar-refractivity contribution >= 4 is 17.0 Å². The molecule has 0 aliphatic rings. The van der Waals surface area contributed by atoms with Crippen molar-refractivity contribution in [2.24, 2.45) is 5.73 Å². The Bertz CT molecular complexity index is 277. The Morgan fingerprint density at radius 3 is 2.71 bits per heavy atom. The molecule has 14 heavy (non-hydrogen) atoms. The van der Waals surface area contributed by atoms with Crippen LogP contribution in [0.2, 0.25) is 0 Å². The van der Waals surface area contributed by atoms with Gasteiger partial charge in [0.2, 0.25) is 0 Å². The van der Waals surface area contributed by atoms with Crippen molar-refractivity contribution in [3.63, 3.8) is 0 Å². The van der Waals surface area contributed by atoms with Gasteiger partial charge in [-0.2, -0.15) is 0 Å². The fourth-order valence-electron chi connectivity index (χ4n) is 0.938. The first-order valence-electron chi connectivity index (χ1n) is 4.39. The minimum absolute atomic E-state index is 0.329. The number of hydrogen-bond acceptors (Lipinski definition) is 3. The summed E-state index contributed by atoms with van der Waals surface area (Å²) >= 11 is 1.13. The Labute approximate surface area is 87.6 Å². The molecule has 0 aromatic heterocycles. The van der Waals surface area contributed by atoms with Crippen LogP contribution < -0.4 is 10.5 Å². The van der Waals surface area contributed by atoms with Crippen LogP contribution in [0.3, 0.4) is 0 Å². The average Bonchev–Trinajstić information content (AvgIpc) is 2.18. The van der Waals surface area contributed by atoms with Gasteiger partial charge in [-0.15, -0.1) is 0 Å². The normalized spacial score (nSPS) is 9.71. The van der Waals surface area contributed by atoms with Crippen LogP contribution in [0, 0.1) is 0 Å². The number of benzene rings is 1. The summed E-state index contributed by atoms with van der Waals surface area (Å²) < 4.78 is 5.42. The van der Waals surface area contributed by atoms with E-state index < -0.39 is 0 Å². The van der Waals surface area contributed by atoms with E-state index in [1.54, 1.807) is 0 Å². The van der Waals surface area contributed by atoms with E-state index >= 15 is 0 Å². The first-order chi connectivity index (χ1) is 6.79. The third kappa shape index (κ3) is 4.77. The summed E-state index contributed by atoms with van der Waals surface area (Å²) in [6, 6.07) is 9.60. The lowest BCUT2D eigenvalue weighted by Crippen LogP contribution is -2.05. The Balaban J connectivity index is 2.08. The Morgan fingerprint density at radius 1 is 1.36 bits per heavy atom. The number of carbonyl (C=O) groups is 1. The van der Waals surface area contributed by atoms with Crippen LogP contribution in [0.25, 0.3) is 0 Å². The Hall–Kier alpha value is -1.16. The Kier molecular flexibility index (Phi) is 4.93. The third-order valence-corrected chi connectivity index (χ3v) is 2.32. The maximum Gasteiger partial charge on any atom is 0.276 e. The van der Waals surface area contributed by atoms with Crippen molar-refractivity contribution in [1.29, 1.82) is 0 Å². The number of rotatable bonds is 5. The average molecular weight is 211 g/mol. The van der Waals surface area contributed by atoms with E-state index in [4.69, 9.17) is 10.5 Å². The Morgan fingerprint density at radius 2 is 2.07 bits per heavy atom. The van der Waals surface area contributed by atoms with Gasteiger partial charge in [0.15, 0.2) is 0 Å². The molecule has 0 heterocycles. The highest BCUT2D eigenvalue weighted by molar-refractivity contribution is 8.13. The zero-order valence-corrected chi connectivity index (χ0v) is 8.63. The van der Waals surface area contributed by atoms with Gasteiger partial charge >= 0.3 is 0 Å². The molecule has 1 aromatic carbocycles.